The van der Waals surface area contributed by atoms with Crippen LogP contribution in [0.2, 0.25) is 0 Å². The van der Waals surface area contributed by atoms with Gasteiger partial charge in [0, 0.05) is 12.6 Å². The quantitative estimate of drug-likeness (QED) is 0.599. The van der Waals surface area contributed by atoms with Gasteiger partial charge >= 0.3 is 0 Å². The van der Waals surface area contributed by atoms with E-state index in [1.165, 1.54) is 11.3 Å². The van der Waals surface area contributed by atoms with Crippen molar-refractivity contribution in [2.45, 2.75) is 6.42 Å². The highest BCUT2D eigenvalue weighted by Crippen LogP contribution is 2.19. The Balaban J connectivity index is 2.09. The first-order valence-corrected chi connectivity index (χ1v) is 6.10. The Morgan fingerprint density at radius 2 is 2.24 bits per heavy atom. The fourth-order valence-corrected chi connectivity index (χ4v) is 2.59. The van der Waals surface area contributed by atoms with Crippen LogP contribution in [0.3, 0.4) is 0 Å². The highest BCUT2D eigenvalue weighted by atomic mass is 32.1. The number of hydrogen-bond donors (Lipinski definition) is 2. The zero-order valence-electron chi connectivity index (χ0n) is 9.18. The second-order valence-corrected chi connectivity index (χ2v) is 4.68. The van der Waals surface area contributed by atoms with E-state index in [9.17, 15) is 10.0 Å². The van der Waals surface area contributed by atoms with Crippen LogP contribution in [0, 0.1) is 5.21 Å². The monoisotopic (exact) mass is 251 g/mol. The van der Waals surface area contributed by atoms with E-state index in [1.807, 2.05) is 18.2 Å². The number of nitrogens with one attached hydrogen (secondary N) is 1. The fraction of sp³-hybridized carbons (Fsp3) is 0.273. The average Bonchev–Trinajstić information content (AvgIpc) is 2.67. The number of nitrogens with two attached hydrogens (primary N) is 1. The number of hydrogen-bond acceptors (Lipinski definition) is 4. The van der Waals surface area contributed by atoms with Crippen LogP contribution in [0.15, 0.2) is 24.3 Å². The van der Waals surface area contributed by atoms with Crippen molar-refractivity contribution in [3.05, 3.63) is 34.5 Å². The van der Waals surface area contributed by atoms with E-state index >= 15 is 0 Å². The Morgan fingerprint density at radius 1 is 1.47 bits per heavy atom. The number of rotatable bonds is 4. The lowest BCUT2D eigenvalue weighted by Crippen LogP contribution is -2.35. The van der Waals surface area contributed by atoms with Crippen LogP contribution in [0.4, 0.5) is 0 Å². The van der Waals surface area contributed by atoms with Crippen LogP contribution in [0.1, 0.15) is 5.01 Å². The van der Waals surface area contributed by atoms with Crippen LogP contribution in [-0.2, 0) is 11.2 Å². The molecule has 0 saturated heterocycles. The summed E-state index contributed by atoms with van der Waals surface area (Å²) in [6.45, 7) is 0.412. The van der Waals surface area contributed by atoms with Crippen LogP contribution in [0.25, 0.3) is 10.2 Å². The molecule has 0 aliphatic heterocycles. The standard InChI is InChI=1S/C11H13N3O2S/c12-7-10(15)13-6-5-11-14(16)8-3-1-2-4-9(8)17-11/h1-4H,5-7,12H2,(H,13,15). The first-order valence-electron chi connectivity index (χ1n) is 5.29. The molecule has 2 rings (SSSR count). The van der Waals surface area contributed by atoms with Crippen molar-refractivity contribution in [1.29, 1.82) is 0 Å². The molecule has 0 spiro atoms. The Labute approximate surface area is 102 Å². The minimum Gasteiger partial charge on any atom is -0.617 e. The maximum Gasteiger partial charge on any atom is 0.251 e. The number of thiazole rings is 1. The van der Waals surface area contributed by atoms with Gasteiger partial charge in [-0.2, -0.15) is 4.73 Å². The molecule has 0 fully saturated rings. The summed E-state index contributed by atoms with van der Waals surface area (Å²) < 4.78 is 1.89. The molecule has 2 aromatic rings. The van der Waals surface area contributed by atoms with Crippen molar-refractivity contribution in [2.24, 2.45) is 5.73 Å². The van der Waals surface area contributed by atoms with Gasteiger partial charge in [0.2, 0.25) is 11.4 Å². The third-order valence-corrected chi connectivity index (χ3v) is 3.56. The summed E-state index contributed by atoms with van der Waals surface area (Å²) in [7, 11) is 0. The SMILES string of the molecule is NCC(=O)NCCc1sc2ccccc2[n+]1[O-]. The molecule has 5 nitrogen and oxygen atoms in total. The number of carbonyl (C=O) groups excluding carboxylic acids is 1. The largest absolute Gasteiger partial charge is 0.617 e. The van der Waals surface area contributed by atoms with Crippen molar-refractivity contribution in [3.8, 4) is 0 Å². The summed E-state index contributed by atoms with van der Waals surface area (Å²) >= 11 is 1.45. The van der Waals surface area contributed by atoms with Crippen LogP contribution >= 0.6 is 11.3 Å². The molecule has 1 aromatic carbocycles. The summed E-state index contributed by atoms with van der Waals surface area (Å²) in [5.41, 5.74) is 5.84. The molecule has 90 valence electrons. The van der Waals surface area contributed by atoms with Gasteiger partial charge in [-0.15, -0.1) is 0 Å². The van der Waals surface area contributed by atoms with Crippen molar-refractivity contribution >= 4 is 27.5 Å². The molecule has 1 amide bonds. The maximum absolute atomic E-state index is 11.9. The molecule has 17 heavy (non-hydrogen) atoms. The molecule has 0 radical (unpaired) electrons. The highest BCUT2D eigenvalue weighted by Gasteiger charge is 2.14. The molecule has 0 aliphatic rings. The van der Waals surface area contributed by atoms with Crippen LogP contribution in [0.5, 0.6) is 0 Å². The average molecular weight is 251 g/mol. The molecule has 6 heteroatoms. The fourth-order valence-electron chi connectivity index (χ4n) is 1.55. The molecule has 1 aromatic heterocycles. The van der Waals surface area contributed by atoms with Crippen molar-refractivity contribution in [2.75, 3.05) is 13.1 Å². The summed E-state index contributed by atoms with van der Waals surface area (Å²) in [4.78, 5) is 10.9. The van der Waals surface area contributed by atoms with Gasteiger partial charge in [0.1, 0.15) is 4.70 Å². The predicted octanol–water partition coefficient (Wildman–Crippen LogP) is 0.152. The number of nitrogens with zero attached hydrogens (tertiary/aromatic N) is 1. The van der Waals surface area contributed by atoms with Gasteiger partial charge < -0.3 is 16.3 Å². The smallest absolute Gasteiger partial charge is 0.251 e. The van der Waals surface area contributed by atoms with Crippen LogP contribution < -0.4 is 15.8 Å². The number of benzene rings is 1. The second-order valence-electron chi connectivity index (χ2n) is 3.56. The summed E-state index contributed by atoms with van der Waals surface area (Å²) in [5, 5.41) is 15.2. The second kappa shape index (κ2) is 5.11. The summed E-state index contributed by atoms with van der Waals surface area (Å²) in [6.07, 6.45) is 0.522. The number of carbonyl (C=O) groups is 1. The maximum atomic E-state index is 11.9. The van der Waals surface area contributed by atoms with E-state index < -0.39 is 0 Å². The molecule has 0 saturated carbocycles. The van der Waals surface area contributed by atoms with Gasteiger partial charge in [-0.1, -0.05) is 23.5 Å². The van der Waals surface area contributed by atoms with Gasteiger partial charge in [-0.25, -0.2) is 0 Å². The summed E-state index contributed by atoms with van der Waals surface area (Å²) in [5.74, 6) is -0.205. The number of aromatic nitrogens is 1. The third-order valence-electron chi connectivity index (χ3n) is 2.38. The molecule has 1 heterocycles. The molecule has 3 N–H and O–H groups in total. The van der Waals surface area contributed by atoms with E-state index in [0.717, 1.165) is 9.43 Å². The molecule has 0 unspecified atom stereocenters. The number of fused-ring (bicyclic) bond motifs is 1. The zero-order chi connectivity index (χ0) is 12.3. The van der Waals surface area contributed by atoms with Crippen molar-refractivity contribution < 1.29 is 9.52 Å². The molecule has 0 aliphatic carbocycles. The summed E-state index contributed by atoms with van der Waals surface area (Å²) in [6, 6.07) is 7.44. The van der Waals surface area contributed by atoms with Crippen molar-refractivity contribution in [3.63, 3.8) is 0 Å². The molecule has 0 bridgehead atoms. The van der Waals surface area contributed by atoms with Crippen LogP contribution in [-0.4, -0.2) is 19.0 Å². The lowest BCUT2D eigenvalue weighted by atomic mass is 10.3. The normalized spacial score (nSPS) is 10.6. The minimum absolute atomic E-state index is 0.0240. The molecular formula is C11H13N3O2S. The highest BCUT2D eigenvalue weighted by molar-refractivity contribution is 7.18. The Morgan fingerprint density at radius 3 is 2.94 bits per heavy atom. The van der Waals surface area contributed by atoms with Gasteiger partial charge in [0.25, 0.3) is 5.01 Å². The number of para-hydroxylation sites is 1. The van der Waals surface area contributed by atoms with Gasteiger partial charge in [-0.3, -0.25) is 4.79 Å². The molecular weight excluding hydrogens is 238 g/mol. The van der Waals surface area contributed by atoms with Gasteiger partial charge in [0.15, 0.2) is 0 Å². The Bertz CT molecular complexity index is 538. The van der Waals surface area contributed by atoms with E-state index in [4.69, 9.17) is 5.73 Å². The van der Waals surface area contributed by atoms with E-state index in [1.54, 1.807) is 6.07 Å². The minimum atomic E-state index is -0.205. The third kappa shape index (κ3) is 2.54. The van der Waals surface area contributed by atoms with Crippen molar-refractivity contribution in [1.82, 2.24) is 5.32 Å². The lowest BCUT2D eigenvalue weighted by molar-refractivity contribution is -0.580. The zero-order valence-corrected chi connectivity index (χ0v) is 10.00. The van der Waals surface area contributed by atoms with E-state index in [-0.39, 0.29) is 12.5 Å². The number of amides is 1. The first-order chi connectivity index (χ1) is 8.22. The lowest BCUT2D eigenvalue weighted by Gasteiger charge is -2.01. The van der Waals surface area contributed by atoms with Gasteiger partial charge in [-0.05, 0) is 6.07 Å². The predicted molar refractivity (Wildman–Crippen MR) is 66.6 cm³/mol. The Kier molecular flexibility index (Phi) is 3.55. The molecule has 0 atom stereocenters. The topological polar surface area (TPSA) is 82.1 Å². The first kappa shape index (κ1) is 11.8. The van der Waals surface area contributed by atoms with E-state index in [2.05, 4.69) is 5.32 Å². The van der Waals surface area contributed by atoms with Gasteiger partial charge in [0.05, 0.1) is 13.0 Å². The van der Waals surface area contributed by atoms with E-state index in [0.29, 0.717) is 23.5 Å². The Hall–Kier alpha value is -1.66.